The van der Waals surface area contributed by atoms with E-state index >= 15 is 0 Å². The number of nitrogens with two attached hydrogens (primary N) is 2. The van der Waals surface area contributed by atoms with Crippen LogP contribution in [0.25, 0.3) is 0 Å². The molecule has 2 rings (SSSR count). The second kappa shape index (κ2) is 33.4. The van der Waals surface area contributed by atoms with Gasteiger partial charge < -0.3 is 41.9 Å². The molecule has 2 aliphatic rings. The molecule has 0 aromatic heterocycles. The SMILES string of the molecule is CC(=O)O.CC(=O)O.CC(=O)O.N=C(N)N(CCCCCCCCNCCCCCCCCN(C(=N)N)C1CCCCC1)C1CCCCC1. The van der Waals surface area contributed by atoms with E-state index in [2.05, 4.69) is 15.1 Å². The number of unbranched alkanes of at least 4 members (excludes halogenated alkanes) is 10. The predicted molar refractivity (Wildman–Crippen MR) is 199 cm³/mol. The van der Waals surface area contributed by atoms with Gasteiger partial charge in [0.15, 0.2) is 11.9 Å². The summed E-state index contributed by atoms with van der Waals surface area (Å²) < 4.78 is 0. The normalized spacial score (nSPS) is 14.4. The van der Waals surface area contributed by atoms with Crippen molar-refractivity contribution >= 4 is 29.8 Å². The Balaban J connectivity index is 0. The Bertz CT molecular complexity index is 774. The molecule has 0 bridgehead atoms. The van der Waals surface area contributed by atoms with Gasteiger partial charge in [0.25, 0.3) is 17.9 Å². The lowest BCUT2D eigenvalue weighted by molar-refractivity contribution is -0.135. The molecule has 0 heterocycles. The van der Waals surface area contributed by atoms with Crippen molar-refractivity contribution in [1.82, 2.24) is 15.1 Å². The molecule has 0 saturated heterocycles. The van der Waals surface area contributed by atoms with Crippen molar-refractivity contribution in [3.8, 4) is 0 Å². The molecule has 2 aliphatic carbocycles. The van der Waals surface area contributed by atoms with Gasteiger partial charge in [-0.15, -0.1) is 0 Å². The number of aliphatic carboxylic acids is 3. The zero-order chi connectivity index (χ0) is 37.3. The van der Waals surface area contributed by atoms with E-state index in [9.17, 15) is 0 Å². The molecule has 0 amide bonds. The smallest absolute Gasteiger partial charge is 0.300 e. The fourth-order valence-electron chi connectivity index (χ4n) is 6.39. The Labute approximate surface area is 297 Å². The summed E-state index contributed by atoms with van der Waals surface area (Å²) in [6.45, 7) is 7.50. The number of hydrogen-bond donors (Lipinski definition) is 8. The van der Waals surface area contributed by atoms with E-state index in [0.29, 0.717) is 12.1 Å². The minimum absolute atomic E-state index is 0.281. The van der Waals surface area contributed by atoms with Crippen molar-refractivity contribution < 1.29 is 29.7 Å². The van der Waals surface area contributed by atoms with Gasteiger partial charge in [-0.05, 0) is 64.5 Å². The summed E-state index contributed by atoms with van der Waals surface area (Å²) >= 11 is 0. The molecular formula is C36H73N7O6. The van der Waals surface area contributed by atoms with Crippen LogP contribution in [0.15, 0.2) is 0 Å². The Kier molecular flexibility index (Phi) is 32.7. The van der Waals surface area contributed by atoms with Crippen LogP contribution in [0.2, 0.25) is 0 Å². The van der Waals surface area contributed by atoms with Gasteiger partial charge in [-0.25, -0.2) is 0 Å². The van der Waals surface area contributed by atoms with Gasteiger partial charge in [0, 0.05) is 45.9 Å². The molecule has 2 saturated carbocycles. The van der Waals surface area contributed by atoms with Crippen molar-refractivity contribution in [2.45, 2.75) is 174 Å². The number of rotatable bonds is 20. The summed E-state index contributed by atoms with van der Waals surface area (Å²) in [5.74, 6) is -1.94. The molecule has 0 aromatic rings. The maximum absolute atomic E-state index is 9.00. The lowest BCUT2D eigenvalue weighted by atomic mass is 9.94. The zero-order valence-electron chi connectivity index (χ0n) is 31.2. The molecule has 288 valence electrons. The van der Waals surface area contributed by atoms with Crippen LogP contribution < -0.4 is 16.8 Å². The van der Waals surface area contributed by atoms with Crippen molar-refractivity contribution in [2.24, 2.45) is 11.5 Å². The maximum Gasteiger partial charge on any atom is 0.300 e. The first-order chi connectivity index (χ1) is 23.3. The second-order valence-corrected chi connectivity index (χ2v) is 13.3. The molecule has 0 unspecified atom stereocenters. The van der Waals surface area contributed by atoms with E-state index in [-0.39, 0.29) is 11.9 Å². The molecule has 10 N–H and O–H groups in total. The summed E-state index contributed by atoms with van der Waals surface area (Å²) in [4.78, 5) is 31.3. The van der Waals surface area contributed by atoms with Crippen molar-refractivity contribution in [3.63, 3.8) is 0 Å². The minimum atomic E-state index is -0.833. The van der Waals surface area contributed by atoms with Crippen LogP contribution in [-0.2, 0) is 14.4 Å². The van der Waals surface area contributed by atoms with Gasteiger partial charge in [-0.2, -0.15) is 0 Å². The third-order valence-electron chi connectivity index (χ3n) is 8.65. The highest BCUT2D eigenvalue weighted by Gasteiger charge is 2.22. The summed E-state index contributed by atoms with van der Waals surface area (Å²) in [5, 5.41) is 41.7. The first kappa shape index (κ1) is 48.0. The number of nitrogens with one attached hydrogen (secondary N) is 3. The van der Waals surface area contributed by atoms with Gasteiger partial charge in [0.1, 0.15) is 0 Å². The number of carboxylic acids is 3. The number of carboxylic acid groups (broad SMARTS) is 3. The number of carbonyl (C=O) groups is 3. The number of nitrogens with zero attached hydrogens (tertiary/aromatic N) is 2. The fraction of sp³-hybridized carbons (Fsp3) is 0.861. The minimum Gasteiger partial charge on any atom is -0.481 e. The summed E-state index contributed by atoms with van der Waals surface area (Å²) in [5.41, 5.74) is 11.7. The molecule has 49 heavy (non-hydrogen) atoms. The number of guanidine groups is 2. The predicted octanol–water partition coefficient (Wildman–Crippen LogP) is 6.59. The van der Waals surface area contributed by atoms with E-state index in [1.165, 1.54) is 141 Å². The molecule has 0 spiro atoms. The van der Waals surface area contributed by atoms with Crippen LogP contribution >= 0.6 is 0 Å². The number of hydrogen-bond acceptors (Lipinski definition) is 6. The average Bonchev–Trinajstić information content (AvgIpc) is 3.02. The molecule has 13 nitrogen and oxygen atoms in total. The lowest BCUT2D eigenvalue weighted by Gasteiger charge is -2.34. The van der Waals surface area contributed by atoms with Gasteiger partial charge >= 0.3 is 0 Å². The summed E-state index contributed by atoms with van der Waals surface area (Å²) in [6, 6.07) is 1.04. The fourth-order valence-corrected chi connectivity index (χ4v) is 6.39. The van der Waals surface area contributed by atoms with Crippen molar-refractivity contribution in [2.75, 3.05) is 26.2 Å². The highest BCUT2D eigenvalue weighted by atomic mass is 16.4. The van der Waals surface area contributed by atoms with Crippen LogP contribution in [0.4, 0.5) is 0 Å². The molecular weight excluding hydrogens is 626 g/mol. The Morgan fingerprint density at radius 1 is 0.531 bits per heavy atom. The first-order valence-corrected chi connectivity index (χ1v) is 18.8. The Hall–Kier alpha value is -3.09. The molecule has 2 fully saturated rings. The van der Waals surface area contributed by atoms with Crippen molar-refractivity contribution in [3.05, 3.63) is 0 Å². The molecule has 13 heteroatoms. The van der Waals surface area contributed by atoms with E-state index in [1.807, 2.05) is 0 Å². The van der Waals surface area contributed by atoms with Crippen LogP contribution in [0.1, 0.15) is 162 Å². The van der Waals surface area contributed by atoms with Crippen LogP contribution in [0.3, 0.4) is 0 Å². The summed E-state index contributed by atoms with van der Waals surface area (Å²) in [6.07, 6.45) is 28.1. The molecule has 0 radical (unpaired) electrons. The van der Waals surface area contributed by atoms with Crippen molar-refractivity contribution in [1.29, 1.82) is 10.8 Å². The second-order valence-electron chi connectivity index (χ2n) is 13.3. The first-order valence-electron chi connectivity index (χ1n) is 18.8. The Morgan fingerprint density at radius 2 is 0.776 bits per heavy atom. The molecule has 0 atom stereocenters. The van der Waals surface area contributed by atoms with Crippen LogP contribution in [-0.4, -0.2) is 93.2 Å². The average molecular weight is 700 g/mol. The van der Waals surface area contributed by atoms with Gasteiger partial charge in [-0.1, -0.05) is 89.9 Å². The largest absolute Gasteiger partial charge is 0.481 e. The van der Waals surface area contributed by atoms with E-state index in [0.717, 1.165) is 47.0 Å². The van der Waals surface area contributed by atoms with Gasteiger partial charge in [-0.3, -0.25) is 25.2 Å². The molecule has 0 aromatic carbocycles. The zero-order valence-corrected chi connectivity index (χ0v) is 31.2. The van der Waals surface area contributed by atoms with E-state index in [1.54, 1.807) is 0 Å². The van der Waals surface area contributed by atoms with E-state index in [4.69, 9.17) is 52.0 Å². The topological polar surface area (TPSA) is 230 Å². The van der Waals surface area contributed by atoms with Gasteiger partial charge in [0.05, 0.1) is 0 Å². The highest BCUT2D eigenvalue weighted by molar-refractivity contribution is 5.75. The third kappa shape index (κ3) is 34.6. The summed E-state index contributed by atoms with van der Waals surface area (Å²) in [7, 11) is 0. The monoisotopic (exact) mass is 700 g/mol. The van der Waals surface area contributed by atoms with Crippen LogP contribution in [0, 0.1) is 10.8 Å². The Morgan fingerprint density at radius 3 is 1.04 bits per heavy atom. The van der Waals surface area contributed by atoms with Gasteiger partial charge in [0.2, 0.25) is 0 Å². The van der Waals surface area contributed by atoms with Crippen LogP contribution in [0.5, 0.6) is 0 Å². The maximum atomic E-state index is 9.00. The third-order valence-corrected chi connectivity index (χ3v) is 8.65. The molecule has 0 aliphatic heterocycles. The lowest BCUT2D eigenvalue weighted by Crippen LogP contribution is -2.45. The highest BCUT2D eigenvalue weighted by Crippen LogP contribution is 2.24. The quantitative estimate of drug-likeness (QED) is 0.0384. The standard InChI is InChI=1S/C30H61N7.3C2H4O2/c31-29(32)36(27-19-11-9-12-20-27)25-17-7-3-1-5-15-23-35-24-16-6-2-4-8-18-26-37(30(33)34)28-21-13-10-14-22-28;3*1-2(3)4/h27-28,35H,1-26H2,(H3,31,32)(H3,33,34);3*1H3,(H,3,4). The van der Waals surface area contributed by atoms with E-state index < -0.39 is 17.9 Å².